The van der Waals surface area contributed by atoms with Gasteiger partial charge in [0.15, 0.2) is 0 Å². The van der Waals surface area contributed by atoms with Gasteiger partial charge in [0, 0.05) is 40.9 Å². The molecule has 4 nitrogen and oxygen atoms in total. The number of carbonyl (C=O) groups excluding carboxylic acids is 2. The molecule has 1 heterocycles. The highest BCUT2D eigenvalue weighted by molar-refractivity contribution is 7.99. The molecule has 0 aromatic heterocycles. The molecule has 0 radical (unpaired) electrons. The zero-order valence-electron chi connectivity index (χ0n) is 15.9. The van der Waals surface area contributed by atoms with Crippen molar-refractivity contribution in [3.8, 4) is 0 Å². The van der Waals surface area contributed by atoms with E-state index >= 15 is 0 Å². The maximum absolute atomic E-state index is 12.5. The van der Waals surface area contributed by atoms with Gasteiger partial charge in [-0.15, -0.1) is 11.8 Å². The van der Waals surface area contributed by atoms with Gasteiger partial charge < -0.3 is 10.2 Å². The van der Waals surface area contributed by atoms with E-state index in [2.05, 4.69) is 5.32 Å². The Balaban J connectivity index is 1.61. The lowest BCUT2D eigenvalue weighted by Gasteiger charge is -2.31. The topological polar surface area (TPSA) is 49.4 Å². The minimum atomic E-state index is -0.0378. The van der Waals surface area contributed by atoms with Crippen LogP contribution in [-0.2, 0) is 16.0 Å². The Morgan fingerprint density at radius 3 is 2.67 bits per heavy atom. The van der Waals surface area contributed by atoms with E-state index in [0.29, 0.717) is 6.42 Å². The smallest absolute Gasteiger partial charge is 0.229 e. The molecule has 1 aliphatic heterocycles. The normalized spacial score (nSPS) is 13.4. The van der Waals surface area contributed by atoms with Crippen molar-refractivity contribution in [3.63, 3.8) is 0 Å². The lowest BCUT2D eigenvalue weighted by Crippen LogP contribution is -2.38. The summed E-state index contributed by atoms with van der Waals surface area (Å²) in [6.45, 7) is 4.59. The summed E-state index contributed by atoms with van der Waals surface area (Å²) in [7, 11) is 0. The van der Waals surface area contributed by atoms with Crippen molar-refractivity contribution in [2.75, 3.05) is 22.5 Å². The maximum atomic E-state index is 12.5. The first-order valence-electron chi connectivity index (χ1n) is 9.46. The van der Waals surface area contributed by atoms with Crippen LogP contribution in [0.25, 0.3) is 0 Å². The summed E-state index contributed by atoms with van der Waals surface area (Å²) in [6, 6.07) is 16.0. The van der Waals surface area contributed by atoms with Gasteiger partial charge in [-0.3, -0.25) is 9.59 Å². The number of thioether (sulfide) groups is 1. The molecule has 5 heteroatoms. The molecule has 0 saturated carbocycles. The molecule has 0 unspecified atom stereocenters. The SMILES string of the molecule is CC(C)C(=O)N1CCCc2ccc(NC(=O)CCSc3ccccc3)cc21. The van der Waals surface area contributed by atoms with E-state index in [1.54, 1.807) is 11.8 Å². The monoisotopic (exact) mass is 382 g/mol. The summed E-state index contributed by atoms with van der Waals surface area (Å²) in [6.07, 6.45) is 2.40. The van der Waals surface area contributed by atoms with Crippen LogP contribution in [-0.4, -0.2) is 24.1 Å². The van der Waals surface area contributed by atoms with Gasteiger partial charge >= 0.3 is 0 Å². The second kappa shape index (κ2) is 9.09. The van der Waals surface area contributed by atoms with Crippen molar-refractivity contribution in [1.29, 1.82) is 0 Å². The number of amides is 2. The minimum absolute atomic E-state index is 0.00377. The van der Waals surface area contributed by atoms with Crippen LogP contribution in [0, 0.1) is 5.92 Å². The van der Waals surface area contributed by atoms with Gasteiger partial charge in [-0.05, 0) is 42.7 Å². The largest absolute Gasteiger partial charge is 0.326 e. The molecule has 2 amide bonds. The molecular weight excluding hydrogens is 356 g/mol. The molecule has 0 spiro atoms. The van der Waals surface area contributed by atoms with E-state index in [9.17, 15) is 9.59 Å². The fraction of sp³-hybridized carbons (Fsp3) is 0.364. The van der Waals surface area contributed by atoms with Crippen molar-refractivity contribution in [3.05, 3.63) is 54.1 Å². The van der Waals surface area contributed by atoms with Crippen molar-refractivity contribution in [2.24, 2.45) is 5.92 Å². The molecule has 142 valence electrons. The molecule has 2 aromatic carbocycles. The molecule has 0 saturated heterocycles. The third kappa shape index (κ3) is 5.13. The number of benzene rings is 2. The van der Waals surface area contributed by atoms with Gasteiger partial charge in [-0.25, -0.2) is 0 Å². The summed E-state index contributed by atoms with van der Waals surface area (Å²) in [5.74, 6) is 0.831. The molecule has 0 fully saturated rings. The summed E-state index contributed by atoms with van der Waals surface area (Å²) >= 11 is 1.68. The summed E-state index contributed by atoms with van der Waals surface area (Å²) < 4.78 is 0. The summed E-state index contributed by atoms with van der Waals surface area (Å²) in [5.41, 5.74) is 2.87. The number of carbonyl (C=O) groups is 2. The molecule has 3 rings (SSSR count). The van der Waals surface area contributed by atoms with Crippen molar-refractivity contribution < 1.29 is 9.59 Å². The van der Waals surface area contributed by atoms with Crippen molar-refractivity contribution in [1.82, 2.24) is 0 Å². The van der Waals surface area contributed by atoms with Crippen LogP contribution in [0.2, 0.25) is 0 Å². The molecule has 1 aliphatic rings. The molecule has 2 aromatic rings. The third-order valence-corrected chi connectivity index (χ3v) is 5.60. The zero-order chi connectivity index (χ0) is 19.2. The predicted octanol–water partition coefficient (Wildman–Crippen LogP) is 4.74. The van der Waals surface area contributed by atoms with Crippen LogP contribution < -0.4 is 10.2 Å². The van der Waals surface area contributed by atoms with Crippen LogP contribution in [0.1, 0.15) is 32.3 Å². The number of fused-ring (bicyclic) bond motifs is 1. The van der Waals surface area contributed by atoms with E-state index in [4.69, 9.17) is 0 Å². The van der Waals surface area contributed by atoms with Gasteiger partial charge in [0.1, 0.15) is 0 Å². The highest BCUT2D eigenvalue weighted by atomic mass is 32.2. The van der Waals surface area contributed by atoms with Crippen molar-refractivity contribution in [2.45, 2.75) is 38.0 Å². The Morgan fingerprint density at radius 1 is 1.15 bits per heavy atom. The third-order valence-electron chi connectivity index (χ3n) is 4.59. The van der Waals surface area contributed by atoms with Crippen LogP contribution >= 0.6 is 11.8 Å². The molecular formula is C22H26N2O2S. The Labute approximate surface area is 165 Å². The Hall–Kier alpha value is -2.27. The summed E-state index contributed by atoms with van der Waals surface area (Å²) in [4.78, 5) is 27.8. The summed E-state index contributed by atoms with van der Waals surface area (Å²) in [5, 5.41) is 2.98. The molecule has 27 heavy (non-hydrogen) atoms. The van der Waals surface area contributed by atoms with E-state index in [1.807, 2.05) is 67.3 Å². The second-order valence-corrected chi connectivity index (χ2v) is 8.22. The quantitative estimate of drug-likeness (QED) is 0.734. The lowest BCUT2D eigenvalue weighted by molar-refractivity contribution is -0.121. The molecule has 0 bridgehead atoms. The molecule has 0 atom stereocenters. The number of hydrogen-bond donors (Lipinski definition) is 1. The predicted molar refractivity (Wildman–Crippen MR) is 112 cm³/mol. The number of anilines is 2. The average molecular weight is 383 g/mol. The highest BCUT2D eigenvalue weighted by Gasteiger charge is 2.24. The van der Waals surface area contributed by atoms with Crippen LogP contribution in [0.15, 0.2) is 53.4 Å². The van der Waals surface area contributed by atoms with Gasteiger partial charge in [0.05, 0.1) is 0 Å². The Bertz CT molecular complexity index is 805. The van der Waals surface area contributed by atoms with E-state index in [-0.39, 0.29) is 17.7 Å². The minimum Gasteiger partial charge on any atom is -0.326 e. The number of aryl methyl sites for hydroxylation is 1. The maximum Gasteiger partial charge on any atom is 0.229 e. The number of hydrogen-bond acceptors (Lipinski definition) is 3. The van der Waals surface area contributed by atoms with E-state index < -0.39 is 0 Å². The number of nitrogens with zero attached hydrogens (tertiary/aromatic N) is 1. The van der Waals surface area contributed by atoms with E-state index in [0.717, 1.165) is 36.5 Å². The van der Waals surface area contributed by atoms with E-state index in [1.165, 1.54) is 10.5 Å². The van der Waals surface area contributed by atoms with Crippen LogP contribution in [0.5, 0.6) is 0 Å². The first kappa shape index (κ1) is 19.5. The standard InChI is InChI=1S/C22H26N2O2S/c1-16(2)22(26)24-13-6-7-17-10-11-18(15-20(17)24)23-21(25)12-14-27-19-8-4-3-5-9-19/h3-5,8-11,15-16H,6-7,12-14H2,1-2H3,(H,23,25). The fourth-order valence-corrected chi connectivity index (χ4v) is 4.07. The fourth-order valence-electron chi connectivity index (χ4n) is 3.19. The molecule has 0 aliphatic carbocycles. The highest BCUT2D eigenvalue weighted by Crippen LogP contribution is 2.31. The average Bonchev–Trinajstić information content (AvgIpc) is 2.67. The van der Waals surface area contributed by atoms with Crippen LogP contribution in [0.4, 0.5) is 11.4 Å². The Morgan fingerprint density at radius 2 is 1.93 bits per heavy atom. The number of nitrogens with one attached hydrogen (secondary N) is 1. The zero-order valence-corrected chi connectivity index (χ0v) is 16.7. The molecule has 1 N–H and O–H groups in total. The first-order chi connectivity index (χ1) is 13.0. The Kier molecular flexibility index (Phi) is 6.56. The first-order valence-corrected chi connectivity index (χ1v) is 10.4. The second-order valence-electron chi connectivity index (χ2n) is 7.05. The van der Waals surface area contributed by atoms with Gasteiger partial charge in [0.25, 0.3) is 0 Å². The van der Waals surface area contributed by atoms with Crippen molar-refractivity contribution >= 4 is 35.0 Å². The van der Waals surface area contributed by atoms with Gasteiger partial charge in [-0.1, -0.05) is 38.1 Å². The van der Waals surface area contributed by atoms with Crippen LogP contribution in [0.3, 0.4) is 0 Å². The lowest BCUT2D eigenvalue weighted by atomic mass is 9.99. The number of rotatable bonds is 6. The van der Waals surface area contributed by atoms with Gasteiger partial charge in [-0.2, -0.15) is 0 Å². The van der Waals surface area contributed by atoms with Gasteiger partial charge in [0.2, 0.25) is 11.8 Å².